The van der Waals surface area contributed by atoms with Crippen molar-refractivity contribution in [3.63, 3.8) is 0 Å². The van der Waals surface area contributed by atoms with Gasteiger partial charge < -0.3 is 9.32 Å². The highest BCUT2D eigenvalue weighted by Crippen LogP contribution is 2.27. The van der Waals surface area contributed by atoms with Crippen LogP contribution in [0.2, 0.25) is 0 Å². The monoisotopic (exact) mass is 363 g/mol. The van der Waals surface area contributed by atoms with E-state index in [1.165, 1.54) is 4.31 Å². The Morgan fingerprint density at radius 2 is 1.80 bits per heavy atom. The Morgan fingerprint density at radius 1 is 1.08 bits per heavy atom. The topological polar surface area (TPSA) is 65.8 Å². The summed E-state index contributed by atoms with van der Waals surface area (Å²) < 4.78 is 34.8. The van der Waals surface area contributed by atoms with E-state index in [1.807, 2.05) is 49.5 Å². The molecule has 3 rings (SSSR count). The molecule has 0 unspecified atom stereocenters. The van der Waals surface area contributed by atoms with Crippen molar-refractivity contribution in [2.75, 3.05) is 39.8 Å². The molecule has 0 aliphatic carbocycles. The van der Waals surface area contributed by atoms with Gasteiger partial charge in [0.2, 0.25) is 0 Å². The summed E-state index contributed by atoms with van der Waals surface area (Å²) in [6.07, 6.45) is 2.30. The molecule has 6 nitrogen and oxygen atoms in total. The van der Waals surface area contributed by atoms with Crippen LogP contribution in [0.3, 0.4) is 0 Å². The van der Waals surface area contributed by atoms with Crippen molar-refractivity contribution >= 4 is 10.2 Å². The maximum Gasteiger partial charge on any atom is 0.279 e. The van der Waals surface area contributed by atoms with Gasteiger partial charge in [0, 0.05) is 38.6 Å². The third-order valence-corrected chi connectivity index (χ3v) is 6.22. The van der Waals surface area contributed by atoms with Gasteiger partial charge in [0.05, 0.1) is 6.26 Å². The molecule has 25 heavy (non-hydrogen) atoms. The fourth-order valence-corrected chi connectivity index (χ4v) is 4.30. The largest absolute Gasteiger partial charge is 0.469 e. The second-order valence-corrected chi connectivity index (χ2v) is 8.12. The minimum absolute atomic E-state index is 0.0337. The predicted octanol–water partition coefficient (Wildman–Crippen LogP) is 1.88. The van der Waals surface area contributed by atoms with Crippen molar-refractivity contribution < 1.29 is 12.8 Å². The van der Waals surface area contributed by atoms with E-state index in [9.17, 15) is 8.42 Å². The minimum Gasteiger partial charge on any atom is -0.469 e. The van der Waals surface area contributed by atoms with E-state index < -0.39 is 10.2 Å². The summed E-state index contributed by atoms with van der Waals surface area (Å²) in [7, 11) is -1.42. The van der Waals surface area contributed by atoms with Crippen molar-refractivity contribution in [1.82, 2.24) is 13.9 Å². The number of nitrogens with zero attached hydrogens (tertiary/aromatic N) is 2. The highest BCUT2D eigenvalue weighted by Gasteiger charge is 2.26. The fraction of sp³-hybridized carbons (Fsp3) is 0.444. The quantitative estimate of drug-likeness (QED) is 0.816. The van der Waals surface area contributed by atoms with E-state index in [1.54, 1.807) is 6.26 Å². The van der Waals surface area contributed by atoms with Gasteiger partial charge in [-0.15, -0.1) is 0 Å². The molecule has 1 saturated heterocycles. The molecule has 1 fully saturated rings. The zero-order valence-corrected chi connectivity index (χ0v) is 15.3. The summed E-state index contributed by atoms with van der Waals surface area (Å²) in [5, 5.41) is 0. The highest BCUT2D eigenvalue weighted by molar-refractivity contribution is 7.87. The number of likely N-dealkylation sites (N-methyl/N-ethyl adjacent to an activating group) is 1. The van der Waals surface area contributed by atoms with Crippen molar-refractivity contribution in [3.8, 4) is 0 Å². The molecule has 1 aromatic carbocycles. The molecule has 0 bridgehead atoms. The van der Waals surface area contributed by atoms with Crippen LogP contribution in [0, 0.1) is 0 Å². The molecule has 1 aliphatic heterocycles. The Labute approximate surface area is 149 Å². The van der Waals surface area contributed by atoms with Gasteiger partial charge in [0.15, 0.2) is 0 Å². The number of nitrogens with one attached hydrogen (secondary N) is 1. The van der Waals surface area contributed by atoms with Gasteiger partial charge in [-0.05, 0) is 31.2 Å². The summed E-state index contributed by atoms with van der Waals surface area (Å²) in [5.41, 5.74) is 1.12. The van der Waals surface area contributed by atoms with E-state index in [0.717, 1.165) is 24.4 Å². The zero-order valence-electron chi connectivity index (χ0n) is 14.5. The van der Waals surface area contributed by atoms with Gasteiger partial charge in [0.1, 0.15) is 5.76 Å². The maximum absolute atomic E-state index is 12.5. The van der Waals surface area contributed by atoms with Gasteiger partial charge in [-0.2, -0.15) is 12.7 Å². The van der Waals surface area contributed by atoms with E-state index in [0.29, 0.717) is 26.1 Å². The van der Waals surface area contributed by atoms with E-state index in [4.69, 9.17) is 4.42 Å². The SMILES string of the molecule is CN1CCN(S(=O)(=O)NCC[C@@H](c2ccccc2)c2ccco2)CC1. The molecule has 1 N–H and O–H groups in total. The van der Waals surface area contributed by atoms with Crippen LogP contribution in [0.4, 0.5) is 0 Å². The van der Waals surface area contributed by atoms with E-state index in [2.05, 4.69) is 9.62 Å². The molecule has 136 valence electrons. The van der Waals surface area contributed by atoms with Crippen molar-refractivity contribution in [2.24, 2.45) is 0 Å². The first kappa shape index (κ1) is 18.1. The lowest BCUT2D eigenvalue weighted by molar-refractivity contribution is 0.221. The maximum atomic E-state index is 12.5. The lowest BCUT2D eigenvalue weighted by Crippen LogP contribution is -2.51. The average molecular weight is 363 g/mol. The number of benzene rings is 1. The Kier molecular flexibility index (Phi) is 5.90. The molecule has 2 heterocycles. The van der Waals surface area contributed by atoms with Crippen LogP contribution in [-0.4, -0.2) is 57.4 Å². The number of rotatable bonds is 7. The molecule has 0 spiro atoms. The predicted molar refractivity (Wildman–Crippen MR) is 97.6 cm³/mol. The first-order valence-electron chi connectivity index (χ1n) is 8.58. The van der Waals surface area contributed by atoms with Gasteiger partial charge >= 0.3 is 0 Å². The second kappa shape index (κ2) is 8.14. The van der Waals surface area contributed by atoms with E-state index >= 15 is 0 Å². The first-order chi connectivity index (χ1) is 12.1. The van der Waals surface area contributed by atoms with Crippen LogP contribution in [0.15, 0.2) is 53.1 Å². The Bertz CT molecular complexity index is 739. The average Bonchev–Trinajstić information content (AvgIpc) is 3.14. The van der Waals surface area contributed by atoms with Crippen molar-refractivity contribution in [1.29, 1.82) is 0 Å². The van der Waals surface area contributed by atoms with Crippen molar-refractivity contribution in [3.05, 3.63) is 60.1 Å². The molecule has 0 saturated carbocycles. The standard InChI is InChI=1S/C18H25N3O3S/c1-20-11-13-21(14-12-20)25(22,23)19-10-9-17(18-8-5-15-24-18)16-6-3-2-4-7-16/h2-8,15,17,19H,9-14H2,1H3/t17-/m0/s1. The smallest absolute Gasteiger partial charge is 0.279 e. The molecule has 0 amide bonds. The summed E-state index contributed by atoms with van der Waals surface area (Å²) in [6.45, 7) is 2.97. The lowest BCUT2D eigenvalue weighted by atomic mass is 9.93. The summed E-state index contributed by atoms with van der Waals surface area (Å²) in [4.78, 5) is 2.13. The van der Waals surface area contributed by atoms with Crippen LogP contribution in [0.25, 0.3) is 0 Å². The third kappa shape index (κ3) is 4.70. The number of hydrogen-bond donors (Lipinski definition) is 1. The molecule has 1 aliphatic rings. The van der Waals surface area contributed by atoms with Gasteiger partial charge in [0.25, 0.3) is 10.2 Å². The molecule has 0 radical (unpaired) electrons. The van der Waals surface area contributed by atoms with Crippen LogP contribution in [0.5, 0.6) is 0 Å². The van der Waals surface area contributed by atoms with Crippen LogP contribution < -0.4 is 4.72 Å². The number of piperazine rings is 1. The number of furan rings is 1. The number of hydrogen-bond acceptors (Lipinski definition) is 4. The van der Waals surface area contributed by atoms with Crippen molar-refractivity contribution in [2.45, 2.75) is 12.3 Å². The normalized spacial score (nSPS) is 18.3. The second-order valence-electron chi connectivity index (χ2n) is 6.37. The van der Waals surface area contributed by atoms with Crippen LogP contribution in [-0.2, 0) is 10.2 Å². The molecular weight excluding hydrogens is 338 g/mol. The summed E-state index contributed by atoms with van der Waals surface area (Å²) >= 11 is 0. The van der Waals surface area contributed by atoms with E-state index in [-0.39, 0.29) is 5.92 Å². The molecular formula is C18H25N3O3S. The molecule has 2 aromatic rings. The summed E-state index contributed by atoms with van der Waals surface area (Å²) in [6, 6.07) is 13.8. The molecule has 1 atom stereocenters. The van der Waals surface area contributed by atoms with Crippen LogP contribution in [0.1, 0.15) is 23.7 Å². The Morgan fingerprint density at radius 3 is 2.44 bits per heavy atom. The van der Waals surface area contributed by atoms with Gasteiger partial charge in [-0.25, -0.2) is 4.72 Å². The minimum atomic E-state index is -3.43. The Balaban J connectivity index is 1.62. The third-order valence-electron chi connectivity index (χ3n) is 4.61. The van der Waals surface area contributed by atoms with Gasteiger partial charge in [-0.3, -0.25) is 0 Å². The molecule has 1 aromatic heterocycles. The fourth-order valence-electron chi connectivity index (χ4n) is 3.10. The lowest BCUT2D eigenvalue weighted by Gasteiger charge is -2.31. The van der Waals surface area contributed by atoms with Gasteiger partial charge in [-0.1, -0.05) is 30.3 Å². The highest BCUT2D eigenvalue weighted by atomic mass is 32.2. The Hall–Kier alpha value is -1.67. The first-order valence-corrected chi connectivity index (χ1v) is 10.0. The zero-order chi connectivity index (χ0) is 17.7. The van der Waals surface area contributed by atoms with Crippen LogP contribution >= 0.6 is 0 Å². The molecule has 7 heteroatoms. The summed E-state index contributed by atoms with van der Waals surface area (Å²) in [5.74, 6) is 0.886.